The number of carbonyl (C=O) groups excluding carboxylic acids is 3. The summed E-state index contributed by atoms with van der Waals surface area (Å²) in [6.07, 6.45) is 0.0458. The number of carbonyl (C=O) groups is 4. The van der Waals surface area contributed by atoms with E-state index in [9.17, 15) is 28.0 Å². The molecule has 0 aromatic heterocycles. The summed E-state index contributed by atoms with van der Waals surface area (Å²) in [5, 5.41) is 16.7. The van der Waals surface area contributed by atoms with Gasteiger partial charge in [-0.25, -0.2) is 13.6 Å². The van der Waals surface area contributed by atoms with Gasteiger partial charge in [0.25, 0.3) is 5.92 Å². The van der Waals surface area contributed by atoms with Crippen LogP contribution in [0.4, 0.5) is 25.8 Å². The third-order valence-electron chi connectivity index (χ3n) is 5.90. The molecule has 1 aliphatic heterocycles. The van der Waals surface area contributed by atoms with Crippen molar-refractivity contribution in [3.63, 3.8) is 0 Å². The summed E-state index contributed by atoms with van der Waals surface area (Å²) in [4.78, 5) is 51.1. The molecule has 0 spiro atoms. The van der Waals surface area contributed by atoms with E-state index in [0.29, 0.717) is 5.56 Å². The second-order valence-corrected chi connectivity index (χ2v) is 9.35. The van der Waals surface area contributed by atoms with Gasteiger partial charge in [-0.2, -0.15) is 0 Å². The molecule has 4 rings (SSSR count). The number of hydrogen-bond donors (Lipinski definition) is 4. The van der Waals surface area contributed by atoms with Crippen LogP contribution in [0.3, 0.4) is 0 Å². The monoisotopic (exact) mass is 556 g/mol. The third kappa shape index (κ3) is 7.08. The van der Waals surface area contributed by atoms with Gasteiger partial charge in [0, 0.05) is 17.1 Å². The number of rotatable bonds is 8. The van der Waals surface area contributed by atoms with Crippen LogP contribution in [0.15, 0.2) is 72.8 Å². The van der Waals surface area contributed by atoms with Crippen molar-refractivity contribution in [1.29, 1.82) is 0 Å². The zero-order valence-electron chi connectivity index (χ0n) is 20.3. The molecule has 1 atom stereocenters. The smallest absolute Gasteiger partial charge is 0.335 e. The Morgan fingerprint density at radius 2 is 1.59 bits per heavy atom. The Kier molecular flexibility index (Phi) is 8.10. The molecule has 39 heavy (non-hydrogen) atoms. The fraction of sp³-hybridized carbons (Fsp3) is 0.185. The molecule has 0 saturated carbocycles. The van der Waals surface area contributed by atoms with Crippen molar-refractivity contribution < 1.29 is 33.1 Å². The number of hydrogen-bond acceptors (Lipinski definition) is 5. The Balaban J connectivity index is 1.48. The number of anilines is 3. The lowest BCUT2D eigenvalue weighted by atomic mass is 10.0. The van der Waals surface area contributed by atoms with Crippen LogP contribution in [-0.2, 0) is 20.8 Å². The molecule has 0 bridgehead atoms. The van der Waals surface area contributed by atoms with Crippen molar-refractivity contribution in [2.75, 3.05) is 28.6 Å². The van der Waals surface area contributed by atoms with Gasteiger partial charge >= 0.3 is 17.8 Å². The van der Waals surface area contributed by atoms with Crippen molar-refractivity contribution in [2.45, 2.75) is 18.4 Å². The first-order valence-electron chi connectivity index (χ1n) is 11.7. The van der Waals surface area contributed by atoms with Crippen molar-refractivity contribution in [3.8, 4) is 0 Å². The minimum Gasteiger partial charge on any atom is -0.478 e. The molecule has 0 aliphatic carbocycles. The summed E-state index contributed by atoms with van der Waals surface area (Å²) in [6.45, 7) is -1.09. The molecule has 1 aliphatic rings. The lowest BCUT2D eigenvalue weighted by molar-refractivity contribution is -0.137. The first-order chi connectivity index (χ1) is 18.5. The molecular weight excluding hydrogens is 534 g/mol. The first-order valence-corrected chi connectivity index (χ1v) is 12.1. The summed E-state index contributed by atoms with van der Waals surface area (Å²) < 4.78 is 26.8. The zero-order chi connectivity index (χ0) is 28.2. The van der Waals surface area contributed by atoms with Crippen LogP contribution in [0.2, 0.25) is 5.02 Å². The van der Waals surface area contributed by atoms with E-state index >= 15 is 0 Å². The van der Waals surface area contributed by atoms with Gasteiger partial charge in [0.2, 0.25) is 5.91 Å². The van der Waals surface area contributed by atoms with Gasteiger partial charge in [-0.05, 0) is 48.0 Å². The highest BCUT2D eigenvalue weighted by atomic mass is 35.5. The molecule has 1 fully saturated rings. The van der Waals surface area contributed by atoms with E-state index in [1.807, 2.05) is 0 Å². The molecule has 1 saturated heterocycles. The lowest BCUT2D eigenvalue weighted by Gasteiger charge is -2.41. The Hall–Kier alpha value is -4.51. The number of nitrogens with one attached hydrogen (secondary N) is 3. The highest BCUT2D eigenvalue weighted by Crippen LogP contribution is 2.37. The van der Waals surface area contributed by atoms with Crippen molar-refractivity contribution in [1.82, 2.24) is 5.32 Å². The van der Waals surface area contributed by atoms with Crippen LogP contribution >= 0.6 is 11.6 Å². The Morgan fingerprint density at radius 3 is 2.21 bits per heavy atom. The number of halogens is 3. The minimum absolute atomic E-state index is 0.0288. The maximum Gasteiger partial charge on any atom is 0.335 e. The highest BCUT2D eigenvalue weighted by Gasteiger charge is 2.44. The molecule has 202 valence electrons. The molecule has 3 amide bonds. The van der Waals surface area contributed by atoms with E-state index in [1.165, 1.54) is 47.4 Å². The SMILES string of the molecule is O=C(Nc1cc(Cl)ccc1N1CC(F)(F)C1)C(=O)NC(Cc1ccccc1)C(=O)Nc1ccc(C(=O)O)cc1. The molecule has 3 aromatic carbocycles. The lowest BCUT2D eigenvalue weighted by Crippen LogP contribution is -2.56. The van der Waals surface area contributed by atoms with E-state index in [-0.39, 0.29) is 34.1 Å². The summed E-state index contributed by atoms with van der Waals surface area (Å²) in [5.41, 5.74) is 1.36. The van der Waals surface area contributed by atoms with Crippen LogP contribution in [0.5, 0.6) is 0 Å². The summed E-state index contributed by atoms with van der Waals surface area (Å²) in [7, 11) is 0. The molecule has 1 unspecified atom stereocenters. The predicted molar refractivity (Wildman–Crippen MR) is 141 cm³/mol. The van der Waals surface area contributed by atoms with Gasteiger partial charge in [0.15, 0.2) is 0 Å². The van der Waals surface area contributed by atoms with E-state index in [4.69, 9.17) is 16.7 Å². The number of carboxylic acids is 1. The summed E-state index contributed by atoms with van der Waals surface area (Å²) >= 11 is 6.02. The second-order valence-electron chi connectivity index (χ2n) is 8.92. The second kappa shape index (κ2) is 11.5. The normalized spacial score (nSPS) is 14.5. The van der Waals surface area contributed by atoms with Crippen LogP contribution in [-0.4, -0.2) is 53.9 Å². The highest BCUT2D eigenvalue weighted by molar-refractivity contribution is 6.40. The molecule has 4 N–H and O–H groups in total. The third-order valence-corrected chi connectivity index (χ3v) is 6.14. The minimum atomic E-state index is -2.86. The van der Waals surface area contributed by atoms with Crippen molar-refractivity contribution in [2.24, 2.45) is 0 Å². The van der Waals surface area contributed by atoms with Gasteiger partial charge in [0.1, 0.15) is 6.04 Å². The van der Waals surface area contributed by atoms with Crippen molar-refractivity contribution >= 4 is 52.4 Å². The summed E-state index contributed by atoms with van der Waals surface area (Å²) in [6, 6.07) is 17.3. The zero-order valence-corrected chi connectivity index (χ0v) is 21.0. The van der Waals surface area contributed by atoms with Crippen LogP contribution in [0, 0.1) is 0 Å². The average molecular weight is 557 g/mol. The predicted octanol–water partition coefficient (Wildman–Crippen LogP) is 3.80. The number of alkyl halides is 2. The molecule has 9 nitrogen and oxygen atoms in total. The largest absolute Gasteiger partial charge is 0.478 e. The van der Waals surface area contributed by atoms with Gasteiger partial charge in [-0.1, -0.05) is 41.9 Å². The molecular formula is C27H23ClF2N4O5. The molecule has 1 heterocycles. The Labute approximate surface area is 226 Å². The number of nitrogens with zero attached hydrogens (tertiary/aromatic N) is 1. The fourth-order valence-electron chi connectivity index (χ4n) is 3.95. The average Bonchev–Trinajstić information content (AvgIpc) is 2.88. The van der Waals surface area contributed by atoms with Gasteiger partial charge in [-0.15, -0.1) is 0 Å². The maximum atomic E-state index is 13.4. The maximum absolute atomic E-state index is 13.4. The first kappa shape index (κ1) is 27.5. The fourth-order valence-corrected chi connectivity index (χ4v) is 4.13. The van der Waals surface area contributed by atoms with Gasteiger partial charge in [0.05, 0.1) is 30.0 Å². The van der Waals surface area contributed by atoms with Crippen LogP contribution < -0.4 is 20.9 Å². The number of carboxylic acid groups (broad SMARTS) is 1. The van der Waals surface area contributed by atoms with E-state index in [2.05, 4.69) is 16.0 Å². The standard InChI is InChI=1S/C27H23ClF2N4O5/c28-18-8-11-22(34-14-27(29,30)15-34)20(13-18)32-24(36)25(37)33-21(12-16-4-2-1-3-5-16)23(35)31-19-9-6-17(7-10-19)26(38)39/h1-11,13,21H,12,14-15H2,(H,31,35)(H,32,36)(H,33,37)(H,38,39). The number of benzene rings is 3. The molecule has 12 heteroatoms. The van der Waals surface area contributed by atoms with E-state index in [1.54, 1.807) is 30.3 Å². The van der Waals surface area contributed by atoms with E-state index < -0.39 is 48.7 Å². The topological polar surface area (TPSA) is 128 Å². The number of aromatic carboxylic acids is 1. The van der Waals surface area contributed by atoms with E-state index in [0.717, 1.165) is 0 Å². The van der Waals surface area contributed by atoms with Crippen molar-refractivity contribution in [3.05, 3.63) is 88.9 Å². The summed E-state index contributed by atoms with van der Waals surface area (Å²) in [5.74, 6) is -6.88. The Morgan fingerprint density at radius 1 is 0.923 bits per heavy atom. The van der Waals surface area contributed by atoms with Crippen LogP contribution in [0.25, 0.3) is 0 Å². The number of amides is 3. The quantitative estimate of drug-likeness (QED) is 0.313. The molecule has 3 aromatic rings. The van der Waals surface area contributed by atoms with Gasteiger partial charge in [-0.3, -0.25) is 14.4 Å². The molecule has 0 radical (unpaired) electrons. The van der Waals surface area contributed by atoms with Gasteiger partial charge < -0.3 is 26.0 Å². The Bertz CT molecular complexity index is 1400. The van der Waals surface area contributed by atoms with Crippen LogP contribution in [0.1, 0.15) is 15.9 Å².